The van der Waals surface area contributed by atoms with Crippen LogP contribution in [0, 0.1) is 0 Å². The molecule has 2 aromatic rings. The SMILES string of the molecule is C[C@@H]1CN(c2ccc3c(c2)CCN(CC(O)CN2CCc4ccccc4C2)C3=O)CCO1. The molecule has 3 aliphatic heterocycles. The van der Waals surface area contributed by atoms with Crippen molar-refractivity contribution in [3.63, 3.8) is 0 Å². The van der Waals surface area contributed by atoms with Crippen LogP contribution in [-0.4, -0.2) is 78.9 Å². The number of morpholine rings is 1. The van der Waals surface area contributed by atoms with Crippen molar-refractivity contribution in [2.45, 2.75) is 38.5 Å². The second-order valence-corrected chi connectivity index (χ2v) is 9.38. The van der Waals surface area contributed by atoms with E-state index in [0.29, 0.717) is 19.6 Å². The Kier molecular flexibility index (Phi) is 6.17. The lowest BCUT2D eigenvalue weighted by atomic mass is 9.97. The fourth-order valence-electron chi connectivity index (χ4n) is 5.27. The third-order valence-corrected chi connectivity index (χ3v) is 6.97. The van der Waals surface area contributed by atoms with Crippen LogP contribution in [0.2, 0.25) is 0 Å². The molecule has 32 heavy (non-hydrogen) atoms. The highest BCUT2D eigenvalue weighted by atomic mass is 16.5. The van der Waals surface area contributed by atoms with E-state index < -0.39 is 6.10 Å². The molecule has 0 bridgehead atoms. The van der Waals surface area contributed by atoms with Gasteiger partial charge in [-0.25, -0.2) is 0 Å². The largest absolute Gasteiger partial charge is 0.390 e. The zero-order valence-electron chi connectivity index (χ0n) is 18.9. The van der Waals surface area contributed by atoms with Gasteiger partial charge in [-0.3, -0.25) is 9.69 Å². The second kappa shape index (κ2) is 9.22. The molecular weight excluding hydrogens is 402 g/mol. The van der Waals surface area contributed by atoms with E-state index in [4.69, 9.17) is 4.74 Å². The van der Waals surface area contributed by atoms with Gasteiger partial charge in [-0.1, -0.05) is 24.3 Å². The number of anilines is 1. The van der Waals surface area contributed by atoms with Crippen LogP contribution in [0.1, 0.15) is 34.0 Å². The summed E-state index contributed by atoms with van der Waals surface area (Å²) in [6, 6.07) is 14.7. The molecule has 5 rings (SSSR count). The van der Waals surface area contributed by atoms with Gasteiger partial charge in [-0.2, -0.15) is 0 Å². The summed E-state index contributed by atoms with van der Waals surface area (Å²) in [5.74, 6) is 0.0381. The molecule has 1 fully saturated rings. The Morgan fingerprint density at radius 2 is 1.84 bits per heavy atom. The molecule has 0 aliphatic carbocycles. The lowest BCUT2D eigenvalue weighted by molar-refractivity contribution is 0.0492. The summed E-state index contributed by atoms with van der Waals surface area (Å²) < 4.78 is 5.65. The van der Waals surface area contributed by atoms with Gasteiger partial charge in [0.1, 0.15) is 0 Å². The third kappa shape index (κ3) is 4.53. The topological polar surface area (TPSA) is 56.2 Å². The maximum absolute atomic E-state index is 13.1. The predicted molar refractivity (Wildman–Crippen MR) is 125 cm³/mol. The van der Waals surface area contributed by atoms with Crippen molar-refractivity contribution in [2.24, 2.45) is 0 Å². The number of aliphatic hydroxyl groups is 1. The summed E-state index contributed by atoms with van der Waals surface area (Å²) >= 11 is 0. The molecule has 3 aliphatic rings. The molecule has 170 valence electrons. The van der Waals surface area contributed by atoms with Crippen molar-refractivity contribution in [3.8, 4) is 0 Å². The number of carbonyl (C=O) groups is 1. The molecule has 6 nitrogen and oxygen atoms in total. The van der Waals surface area contributed by atoms with Crippen LogP contribution in [0.25, 0.3) is 0 Å². The highest BCUT2D eigenvalue weighted by Crippen LogP contribution is 2.26. The molecule has 0 saturated carbocycles. The summed E-state index contributed by atoms with van der Waals surface area (Å²) in [5, 5.41) is 10.8. The number of nitrogens with zero attached hydrogens (tertiary/aromatic N) is 3. The number of aliphatic hydroxyl groups excluding tert-OH is 1. The lowest BCUT2D eigenvalue weighted by Gasteiger charge is -2.35. The molecule has 2 aromatic carbocycles. The van der Waals surface area contributed by atoms with E-state index in [1.165, 1.54) is 16.8 Å². The Balaban J connectivity index is 1.19. The molecule has 1 unspecified atom stereocenters. The Labute approximate surface area is 190 Å². The van der Waals surface area contributed by atoms with Crippen LogP contribution in [-0.2, 0) is 24.1 Å². The Morgan fingerprint density at radius 1 is 1.03 bits per heavy atom. The van der Waals surface area contributed by atoms with Gasteiger partial charge in [0.15, 0.2) is 0 Å². The number of benzene rings is 2. The minimum Gasteiger partial charge on any atom is -0.390 e. The summed E-state index contributed by atoms with van der Waals surface area (Å²) in [6.07, 6.45) is 1.54. The van der Waals surface area contributed by atoms with Gasteiger partial charge >= 0.3 is 0 Å². The fourth-order valence-corrected chi connectivity index (χ4v) is 5.27. The minimum atomic E-state index is -0.542. The van der Waals surface area contributed by atoms with Crippen molar-refractivity contribution in [3.05, 3.63) is 64.7 Å². The van der Waals surface area contributed by atoms with Crippen molar-refractivity contribution in [1.29, 1.82) is 0 Å². The molecule has 6 heteroatoms. The summed E-state index contributed by atoms with van der Waals surface area (Å²) in [5.41, 5.74) is 5.82. The average Bonchev–Trinajstić information content (AvgIpc) is 2.80. The van der Waals surface area contributed by atoms with E-state index in [1.807, 2.05) is 11.0 Å². The number of amides is 1. The quantitative estimate of drug-likeness (QED) is 0.781. The minimum absolute atomic E-state index is 0.0381. The van der Waals surface area contributed by atoms with Gasteiger partial charge in [0.25, 0.3) is 5.91 Å². The third-order valence-electron chi connectivity index (χ3n) is 6.97. The van der Waals surface area contributed by atoms with E-state index in [-0.39, 0.29) is 12.0 Å². The number of carbonyl (C=O) groups excluding carboxylic acids is 1. The number of hydrogen-bond donors (Lipinski definition) is 1. The van der Waals surface area contributed by atoms with Crippen LogP contribution in [0.5, 0.6) is 0 Å². The molecule has 2 atom stereocenters. The molecule has 1 saturated heterocycles. The maximum Gasteiger partial charge on any atom is 0.254 e. The van der Waals surface area contributed by atoms with Gasteiger partial charge in [0, 0.05) is 57.1 Å². The monoisotopic (exact) mass is 435 g/mol. The molecule has 1 amide bonds. The Morgan fingerprint density at radius 3 is 2.69 bits per heavy atom. The van der Waals surface area contributed by atoms with Crippen LogP contribution >= 0.6 is 0 Å². The molecule has 0 spiro atoms. The van der Waals surface area contributed by atoms with E-state index >= 15 is 0 Å². The average molecular weight is 436 g/mol. The van der Waals surface area contributed by atoms with Crippen molar-refractivity contribution in [2.75, 3.05) is 50.8 Å². The number of rotatable bonds is 5. The van der Waals surface area contributed by atoms with Crippen molar-refractivity contribution in [1.82, 2.24) is 9.80 Å². The van der Waals surface area contributed by atoms with E-state index in [2.05, 4.69) is 53.1 Å². The summed E-state index contributed by atoms with van der Waals surface area (Å²) in [4.78, 5) is 19.6. The zero-order valence-corrected chi connectivity index (χ0v) is 18.9. The first-order chi connectivity index (χ1) is 15.6. The second-order valence-electron chi connectivity index (χ2n) is 9.38. The lowest BCUT2D eigenvalue weighted by Crippen LogP contribution is -2.46. The van der Waals surface area contributed by atoms with Gasteiger partial charge in [-0.05, 0) is 54.7 Å². The molecule has 1 N–H and O–H groups in total. The van der Waals surface area contributed by atoms with Crippen LogP contribution in [0.4, 0.5) is 5.69 Å². The first kappa shape index (κ1) is 21.4. The number of β-amino-alcohol motifs (C(OH)–C–C–N with tert-alkyl or cyclic N) is 1. The zero-order chi connectivity index (χ0) is 22.1. The maximum atomic E-state index is 13.1. The Hall–Kier alpha value is -2.41. The van der Waals surface area contributed by atoms with Crippen LogP contribution < -0.4 is 4.90 Å². The van der Waals surface area contributed by atoms with Crippen LogP contribution in [0.15, 0.2) is 42.5 Å². The van der Waals surface area contributed by atoms with E-state index in [1.54, 1.807) is 0 Å². The highest BCUT2D eigenvalue weighted by molar-refractivity contribution is 5.97. The predicted octanol–water partition coefficient (Wildman–Crippen LogP) is 2.33. The normalized spacial score (nSPS) is 22.4. The first-order valence-corrected chi connectivity index (χ1v) is 11.8. The molecule has 0 radical (unpaired) electrons. The van der Waals surface area contributed by atoms with Crippen molar-refractivity contribution < 1.29 is 14.6 Å². The highest BCUT2D eigenvalue weighted by Gasteiger charge is 2.28. The smallest absolute Gasteiger partial charge is 0.254 e. The Bertz CT molecular complexity index is 979. The molecule has 0 aromatic heterocycles. The van der Waals surface area contributed by atoms with Gasteiger partial charge < -0.3 is 19.6 Å². The van der Waals surface area contributed by atoms with E-state index in [0.717, 1.165) is 56.8 Å². The fraction of sp³-hybridized carbons (Fsp3) is 0.500. The molecule has 3 heterocycles. The summed E-state index contributed by atoms with van der Waals surface area (Å²) in [7, 11) is 0. The standard InChI is InChI=1S/C26H33N3O3/c1-19-15-28(12-13-32-19)23-6-7-25-21(14-23)9-11-29(26(25)31)18-24(30)17-27-10-8-20-4-2-3-5-22(20)16-27/h2-7,14,19,24,30H,8-13,15-18H2,1H3/t19-,24?/m1/s1. The van der Waals surface area contributed by atoms with Crippen LogP contribution in [0.3, 0.4) is 0 Å². The number of hydrogen-bond acceptors (Lipinski definition) is 5. The van der Waals surface area contributed by atoms with E-state index in [9.17, 15) is 9.90 Å². The van der Waals surface area contributed by atoms with Crippen molar-refractivity contribution >= 4 is 11.6 Å². The van der Waals surface area contributed by atoms with Gasteiger partial charge in [0.05, 0.1) is 18.8 Å². The number of fused-ring (bicyclic) bond motifs is 2. The summed E-state index contributed by atoms with van der Waals surface area (Å²) in [6.45, 7) is 8.07. The van der Waals surface area contributed by atoms with Gasteiger partial charge in [-0.15, -0.1) is 0 Å². The first-order valence-electron chi connectivity index (χ1n) is 11.8. The van der Waals surface area contributed by atoms with Gasteiger partial charge in [0.2, 0.25) is 0 Å². The number of ether oxygens (including phenoxy) is 1. The molecular formula is C26H33N3O3.